The second-order valence-corrected chi connectivity index (χ2v) is 7.91. The average Bonchev–Trinajstić information content (AvgIpc) is 2.52. The Morgan fingerprint density at radius 1 is 1.38 bits per heavy atom. The molecule has 0 bridgehead atoms. The van der Waals surface area contributed by atoms with E-state index in [4.69, 9.17) is 9.47 Å². The Morgan fingerprint density at radius 2 is 2.10 bits per heavy atom. The third-order valence-electron chi connectivity index (χ3n) is 4.16. The van der Waals surface area contributed by atoms with Gasteiger partial charge >= 0.3 is 0 Å². The summed E-state index contributed by atoms with van der Waals surface area (Å²) in [5, 5.41) is 0. The summed E-state index contributed by atoms with van der Waals surface area (Å²) in [6, 6.07) is 9.52. The number of nitrogens with zero attached hydrogens (tertiary/aromatic N) is 1. The van der Waals surface area contributed by atoms with Crippen LogP contribution in [0, 0.1) is 0 Å². The number of ether oxygens (including phenoxy) is 2. The number of rotatable bonds is 4. The van der Waals surface area contributed by atoms with Crippen LogP contribution in [0.2, 0.25) is 0 Å². The van der Waals surface area contributed by atoms with Gasteiger partial charge in [-0.2, -0.15) is 0 Å². The van der Waals surface area contributed by atoms with Crippen molar-refractivity contribution in [2.24, 2.45) is 0 Å². The Morgan fingerprint density at radius 3 is 2.71 bits per heavy atom. The molecular weight excluding hydrogens is 306 g/mol. The number of benzene rings is 1. The first-order chi connectivity index (χ1) is 10.1. The van der Waals surface area contributed by atoms with Crippen LogP contribution >= 0.6 is 23.5 Å². The van der Waals surface area contributed by atoms with Gasteiger partial charge in [-0.15, -0.1) is 23.5 Å². The van der Waals surface area contributed by atoms with Crippen LogP contribution < -0.4 is 4.74 Å². The van der Waals surface area contributed by atoms with E-state index in [-0.39, 0.29) is 5.91 Å². The summed E-state index contributed by atoms with van der Waals surface area (Å²) in [4.78, 5) is 14.5. The highest BCUT2D eigenvalue weighted by Gasteiger charge is 2.69. The van der Waals surface area contributed by atoms with Crippen molar-refractivity contribution in [1.29, 1.82) is 0 Å². The molecule has 6 heteroatoms. The van der Waals surface area contributed by atoms with Crippen molar-refractivity contribution < 1.29 is 14.3 Å². The molecule has 3 atom stereocenters. The van der Waals surface area contributed by atoms with Crippen molar-refractivity contribution in [1.82, 2.24) is 4.90 Å². The molecule has 1 amide bonds. The second kappa shape index (κ2) is 5.41. The predicted octanol–water partition coefficient (Wildman–Crippen LogP) is 2.79. The maximum atomic E-state index is 12.6. The molecule has 2 fully saturated rings. The van der Waals surface area contributed by atoms with Crippen LogP contribution in [-0.2, 0) is 9.53 Å². The van der Waals surface area contributed by atoms with Gasteiger partial charge in [0.1, 0.15) is 11.5 Å². The van der Waals surface area contributed by atoms with Crippen LogP contribution in [0.5, 0.6) is 5.75 Å². The highest BCUT2D eigenvalue weighted by molar-refractivity contribution is 8.18. The van der Waals surface area contributed by atoms with Crippen molar-refractivity contribution in [2.75, 3.05) is 19.1 Å². The van der Waals surface area contributed by atoms with E-state index in [0.717, 1.165) is 17.9 Å². The lowest BCUT2D eigenvalue weighted by molar-refractivity contribution is -0.209. The number of β-lactam (4-membered cyclic amide) rings is 1. The van der Waals surface area contributed by atoms with Crippen LogP contribution in [0.15, 0.2) is 30.3 Å². The van der Waals surface area contributed by atoms with E-state index in [0.29, 0.717) is 0 Å². The lowest BCUT2D eigenvalue weighted by Gasteiger charge is -2.63. The third kappa shape index (κ3) is 2.15. The molecule has 0 radical (unpaired) electrons. The Labute approximate surface area is 133 Å². The Kier molecular flexibility index (Phi) is 3.88. The van der Waals surface area contributed by atoms with E-state index < -0.39 is 16.0 Å². The zero-order valence-electron chi connectivity index (χ0n) is 12.4. The standard InChI is InChI=1S/C15H19NO3S2/c1-14(18-2)9-10-21-15(20-3)12(13(17)16(14)15)19-11-7-5-4-6-8-11/h4-8,12H,9-10H2,1-3H3/t12-,14-,15+/m1/s1. The fourth-order valence-corrected chi connectivity index (χ4v) is 5.93. The molecule has 0 spiro atoms. The van der Waals surface area contributed by atoms with Gasteiger partial charge in [-0.3, -0.25) is 9.69 Å². The molecule has 1 aromatic carbocycles. The number of carbonyl (C=O) groups excluding carboxylic acids is 1. The number of carbonyl (C=O) groups is 1. The Hall–Kier alpha value is -0.850. The van der Waals surface area contributed by atoms with Crippen LogP contribution in [-0.4, -0.2) is 46.0 Å². The number of hydrogen-bond donors (Lipinski definition) is 0. The zero-order chi connectivity index (χ0) is 15.1. The van der Waals surface area contributed by atoms with Crippen molar-refractivity contribution in [3.63, 3.8) is 0 Å². The topological polar surface area (TPSA) is 38.8 Å². The summed E-state index contributed by atoms with van der Waals surface area (Å²) < 4.78 is 11.2. The van der Waals surface area contributed by atoms with Gasteiger partial charge in [0.25, 0.3) is 5.91 Å². The first-order valence-corrected chi connectivity index (χ1v) is 9.08. The molecule has 0 aliphatic carbocycles. The van der Waals surface area contributed by atoms with Gasteiger partial charge in [0.15, 0.2) is 4.20 Å². The van der Waals surface area contributed by atoms with E-state index in [1.54, 1.807) is 30.6 Å². The highest BCUT2D eigenvalue weighted by Crippen LogP contribution is 2.58. The Balaban J connectivity index is 1.89. The highest BCUT2D eigenvalue weighted by atomic mass is 32.2. The van der Waals surface area contributed by atoms with Gasteiger partial charge in [-0.1, -0.05) is 18.2 Å². The van der Waals surface area contributed by atoms with Crippen LogP contribution in [0.4, 0.5) is 0 Å². The summed E-state index contributed by atoms with van der Waals surface area (Å²) in [6.45, 7) is 1.98. The minimum absolute atomic E-state index is 0.00440. The molecular formula is C15H19NO3S2. The Bertz CT molecular complexity index is 541. The van der Waals surface area contributed by atoms with Crippen molar-refractivity contribution >= 4 is 29.4 Å². The molecule has 0 aromatic heterocycles. The van der Waals surface area contributed by atoms with Gasteiger partial charge in [0.2, 0.25) is 6.10 Å². The molecule has 0 saturated carbocycles. The van der Waals surface area contributed by atoms with Gasteiger partial charge in [0.05, 0.1) is 0 Å². The smallest absolute Gasteiger partial charge is 0.272 e. The molecule has 2 saturated heterocycles. The first-order valence-electron chi connectivity index (χ1n) is 6.87. The molecule has 114 valence electrons. The van der Waals surface area contributed by atoms with Crippen molar-refractivity contribution in [3.8, 4) is 5.75 Å². The fourth-order valence-electron chi connectivity index (χ4n) is 2.89. The predicted molar refractivity (Wildman–Crippen MR) is 86.4 cm³/mol. The fraction of sp³-hybridized carbons (Fsp3) is 0.533. The first kappa shape index (κ1) is 15.1. The number of fused-ring (bicyclic) bond motifs is 1. The van der Waals surface area contributed by atoms with E-state index in [2.05, 4.69) is 0 Å². The molecule has 0 unspecified atom stereocenters. The number of thioether (sulfide) groups is 2. The summed E-state index contributed by atoms with van der Waals surface area (Å²) in [5.74, 6) is 1.68. The minimum Gasteiger partial charge on any atom is -0.476 e. The summed E-state index contributed by atoms with van der Waals surface area (Å²) >= 11 is 3.43. The van der Waals surface area contributed by atoms with Crippen LogP contribution in [0.25, 0.3) is 0 Å². The largest absolute Gasteiger partial charge is 0.476 e. The number of methoxy groups -OCH3 is 1. The molecule has 21 heavy (non-hydrogen) atoms. The minimum atomic E-state index is -0.540. The third-order valence-corrected chi connectivity index (χ3v) is 7.22. The maximum Gasteiger partial charge on any atom is 0.272 e. The molecule has 1 aromatic rings. The van der Waals surface area contributed by atoms with Crippen molar-refractivity contribution in [2.45, 2.75) is 29.4 Å². The van der Waals surface area contributed by atoms with E-state index >= 15 is 0 Å². The zero-order valence-corrected chi connectivity index (χ0v) is 14.0. The second-order valence-electron chi connectivity index (χ2n) is 5.30. The molecule has 0 N–H and O–H groups in total. The summed E-state index contributed by atoms with van der Waals surface area (Å²) in [5.41, 5.74) is -0.540. The number of amides is 1. The van der Waals surface area contributed by atoms with Crippen LogP contribution in [0.3, 0.4) is 0 Å². The molecule has 2 aliphatic rings. The van der Waals surface area contributed by atoms with E-state index in [1.165, 1.54) is 0 Å². The van der Waals surface area contributed by atoms with E-state index in [1.807, 2.05) is 48.4 Å². The molecule has 2 heterocycles. The summed E-state index contributed by atoms with van der Waals surface area (Å²) in [6.07, 6.45) is 2.39. The lowest BCUT2D eigenvalue weighted by atomic mass is 10.0. The van der Waals surface area contributed by atoms with Gasteiger partial charge < -0.3 is 9.47 Å². The lowest BCUT2D eigenvalue weighted by Crippen LogP contribution is -2.80. The van der Waals surface area contributed by atoms with E-state index in [9.17, 15) is 4.79 Å². The number of hydrogen-bond acceptors (Lipinski definition) is 5. The normalized spacial score (nSPS) is 35.1. The number of para-hydroxylation sites is 1. The molecule has 3 rings (SSSR count). The van der Waals surface area contributed by atoms with Gasteiger partial charge in [-0.05, 0) is 25.3 Å². The maximum absolute atomic E-state index is 12.6. The summed E-state index contributed by atoms with van der Waals surface area (Å²) in [7, 11) is 1.67. The van der Waals surface area contributed by atoms with Gasteiger partial charge in [-0.25, -0.2) is 0 Å². The quantitative estimate of drug-likeness (QED) is 0.796. The van der Waals surface area contributed by atoms with Crippen molar-refractivity contribution in [3.05, 3.63) is 30.3 Å². The molecule has 2 aliphatic heterocycles. The monoisotopic (exact) mass is 325 g/mol. The van der Waals surface area contributed by atoms with Crippen LogP contribution in [0.1, 0.15) is 13.3 Å². The average molecular weight is 325 g/mol. The molecule has 4 nitrogen and oxygen atoms in total. The SMILES string of the molecule is CO[C@]1(C)CCS[C@@]2(SC)[C@H](Oc3ccccc3)C(=O)N21. The van der Waals surface area contributed by atoms with Gasteiger partial charge in [0, 0.05) is 19.3 Å².